The predicted molar refractivity (Wildman–Crippen MR) is 118 cm³/mol. The molecule has 2 amide bonds. The molecule has 3 aromatic rings. The van der Waals surface area contributed by atoms with Gasteiger partial charge in [-0.05, 0) is 29.7 Å². The van der Waals surface area contributed by atoms with Gasteiger partial charge in [-0.2, -0.15) is 0 Å². The number of aromatic amines is 1. The molecule has 0 unspecified atom stereocenters. The molecule has 0 radical (unpaired) electrons. The van der Waals surface area contributed by atoms with Gasteiger partial charge in [0.2, 0.25) is 11.8 Å². The predicted octanol–water partition coefficient (Wildman–Crippen LogP) is 1.99. The second-order valence-electron chi connectivity index (χ2n) is 7.57. The highest BCUT2D eigenvalue weighted by molar-refractivity contribution is 7.22. The molecule has 0 saturated carbocycles. The molecule has 158 valence electrons. The van der Waals surface area contributed by atoms with Crippen LogP contribution in [0.25, 0.3) is 10.2 Å². The van der Waals surface area contributed by atoms with Gasteiger partial charge in [0.1, 0.15) is 10.9 Å². The molecule has 4 rings (SSSR count). The monoisotopic (exact) mass is 446 g/mol. The van der Waals surface area contributed by atoms with E-state index in [1.54, 1.807) is 7.05 Å². The summed E-state index contributed by atoms with van der Waals surface area (Å²) in [5.74, 6) is -0.495. The van der Waals surface area contributed by atoms with E-state index in [-0.39, 0.29) is 30.3 Å². The zero-order valence-electron chi connectivity index (χ0n) is 16.4. The van der Waals surface area contributed by atoms with Gasteiger partial charge >= 0.3 is 0 Å². The minimum atomic E-state index is -0.988. The number of amides is 2. The summed E-state index contributed by atoms with van der Waals surface area (Å²) in [6, 6.07) is 10.0. The Kier molecular flexibility index (Phi) is 5.84. The third kappa shape index (κ3) is 3.96. The number of thiophene rings is 1. The van der Waals surface area contributed by atoms with E-state index in [9.17, 15) is 14.7 Å². The molecule has 1 aliphatic carbocycles. The van der Waals surface area contributed by atoms with E-state index in [4.69, 9.17) is 17.3 Å². The van der Waals surface area contributed by atoms with Crippen molar-refractivity contribution in [3.05, 3.63) is 57.6 Å². The van der Waals surface area contributed by atoms with Crippen LogP contribution in [0, 0.1) is 0 Å². The molecule has 0 saturated heterocycles. The van der Waals surface area contributed by atoms with Crippen LogP contribution in [0.1, 0.15) is 22.9 Å². The third-order valence-electron chi connectivity index (χ3n) is 5.51. The average molecular weight is 447 g/mol. The second kappa shape index (κ2) is 8.39. The number of rotatable bonds is 6. The maximum atomic E-state index is 12.8. The Morgan fingerprint density at radius 1 is 1.40 bits per heavy atom. The first-order valence-electron chi connectivity index (χ1n) is 9.64. The summed E-state index contributed by atoms with van der Waals surface area (Å²) in [5, 5.41) is 13.3. The van der Waals surface area contributed by atoms with Gasteiger partial charge in [-0.3, -0.25) is 9.59 Å². The number of fused-ring (bicyclic) bond motifs is 2. The molecule has 1 aromatic carbocycles. The molecule has 0 aliphatic heterocycles. The lowest BCUT2D eigenvalue weighted by atomic mass is 10.0. The zero-order chi connectivity index (χ0) is 21.4. The Balaban J connectivity index is 1.51. The Morgan fingerprint density at radius 2 is 2.17 bits per heavy atom. The topological polar surface area (TPSA) is 111 Å². The number of carbonyl (C=O) groups excluding carboxylic acids is 2. The molecule has 9 heteroatoms. The number of hydrogen-bond donors (Lipinski definition) is 4. The summed E-state index contributed by atoms with van der Waals surface area (Å²) in [5.41, 5.74) is 8.63. The van der Waals surface area contributed by atoms with Crippen LogP contribution in [-0.4, -0.2) is 52.5 Å². The number of aliphatic hydroxyl groups is 1. The summed E-state index contributed by atoms with van der Waals surface area (Å²) in [4.78, 5) is 31.1. The largest absolute Gasteiger partial charge is 0.394 e. The number of benzene rings is 1. The number of likely N-dealkylation sites (N-methyl/N-ethyl adjacent to an activating group) is 1. The first kappa shape index (κ1) is 20.9. The highest BCUT2D eigenvalue weighted by Gasteiger charge is 2.38. The molecule has 30 heavy (non-hydrogen) atoms. The molecule has 2 aromatic heterocycles. The van der Waals surface area contributed by atoms with E-state index in [2.05, 4.69) is 10.3 Å². The Bertz CT molecular complexity index is 1060. The normalized spacial score (nSPS) is 18.9. The highest BCUT2D eigenvalue weighted by Crippen LogP contribution is 2.36. The van der Waals surface area contributed by atoms with E-state index in [0.29, 0.717) is 10.8 Å². The van der Waals surface area contributed by atoms with Crippen molar-refractivity contribution in [2.45, 2.75) is 31.0 Å². The van der Waals surface area contributed by atoms with Gasteiger partial charge in [0.05, 0.1) is 29.4 Å². The van der Waals surface area contributed by atoms with Crippen molar-refractivity contribution >= 4 is 45.0 Å². The van der Waals surface area contributed by atoms with Crippen molar-refractivity contribution in [3.63, 3.8) is 0 Å². The molecule has 7 nitrogen and oxygen atoms in total. The van der Waals surface area contributed by atoms with Crippen molar-refractivity contribution in [2.75, 3.05) is 13.7 Å². The highest BCUT2D eigenvalue weighted by atomic mass is 35.5. The fourth-order valence-electron chi connectivity index (χ4n) is 4.13. The van der Waals surface area contributed by atoms with Gasteiger partial charge in [0.15, 0.2) is 0 Å². The van der Waals surface area contributed by atoms with Crippen LogP contribution in [0.3, 0.4) is 0 Å². The Hall–Kier alpha value is -2.39. The number of hydrogen-bond acceptors (Lipinski definition) is 5. The maximum Gasteiger partial charge on any atom is 0.242 e. The fourth-order valence-corrected chi connectivity index (χ4v) is 5.28. The van der Waals surface area contributed by atoms with Crippen molar-refractivity contribution in [2.24, 2.45) is 5.73 Å². The number of halogens is 1. The van der Waals surface area contributed by atoms with E-state index in [0.717, 1.165) is 27.0 Å². The summed E-state index contributed by atoms with van der Waals surface area (Å²) in [6.45, 7) is -0.428. The Labute approximate surface area is 182 Å². The van der Waals surface area contributed by atoms with Crippen LogP contribution in [-0.2, 0) is 22.4 Å². The number of carbonyl (C=O) groups is 2. The van der Waals surface area contributed by atoms with E-state index >= 15 is 0 Å². The zero-order valence-corrected chi connectivity index (χ0v) is 18.0. The minimum Gasteiger partial charge on any atom is -0.394 e. The van der Waals surface area contributed by atoms with Gasteiger partial charge in [0, 0.05) is 18.1 Å². The van der Waals surface area contributed by atoms with Crippen molar-refractivity contribution in [1.29, 1.82) is 0 Å². The van der Waals surface area contributed by atoms with Crippen LogP contribution >= 0.6 is 22.9 Å². The van der Waals surface area contributed by atoms with Crippen molar-refractivity contribution < 1.29 is 14.7 Å². The van der Waals surface area contributed by atoms with E-state index in [1.165, 1.54) is 16.2 Å². The summed E-state index contributed by atoms with van der Waals surface area (Å²) >= 11 is 7.45. The standard InChI is InChI=1S/C21H23ClN4O3S/c1-26(21(29)15(23)10-27)19-14-5-3-2-4-11(14)7-16(19)25-18(28)9-13-6-12-8-17(22)30-20(12)24-13/h2-6,8,15-16,19,24,27H,7,9-10,23H2,1H3,(H,25,28)/t15-,16+,19+/m0/s1. The lowest BCUT2D eigenvalue weighted by molar-refractivity contribution is -0.135. The molecule has 1 aliphatic rings. The smallest absolute Gasteiger partial charge is 0.242 e. The van der Waals surface area contributed by atoms with Gasteiger partial charge in [-0.1, -0.05) is 35.9 Å². The molecule has 0 fully saturated rings. The van der Waals surface area contributed by atoms with Gasteiger partial charge < -0.3 is 26.0 Å². The number of aliphatic hydroxyl groups excluding tert-OH is 1. The SMILES string of the molecule is CN(C(=O)[C@@H](N)CO)[C@@H]1c2ccccc2C[C@H]1NC(=O)Cc1cc2cc(Cl)sc2[nH]1. The maximum absolute atomic E-state index is 12.8. The van der Waals surface area contributed by atoms with Crippen LogP contribution < -0.4 is 11.1 Å². The average Bonchev–Trinajstić information content (AvgIpc) is 3.36. The summed E-state index contributed by atoms with van der Waals surface area (Å²) < 4.78 is 0.701. The van der Waals surface area contributed by atoms with Crippen molar-refractivity contribution in [1.82, 2.24) is 15.2 Å². The molecule has 0 bridgehead atoms. The third-order valence-corrected chi connectivity index (χ3v) is 6.70. The molecular weight excluding hydrogens is 424 g/mol. The number of nitrogens with two attached hydrogens (primary N) is 1. The molecule has 5 N–H and O–H groups in total. The van der Waals surface area contributed by atoms with Gasteiger partial charge in [0.25, 0.3) is 0 Å². The van der Waals surface area contributed by atoms with E-state index in [1.807, 2.05) is 36.4 Å². The molecule has 0 spiro atoms. The first-order valence-corrected chi connectivity index (χ1v) is 10.8. The second-order valence-corrected chi connectivity index (χ2v) is 9.25. The van der Waals surface area contributed by atoms with Crippen LogP contribution in [0.4, 0.5) is 0 Å². The fraction of sp³-hybridized carbons (Fsp3) is 0.333. The number of nitrogens with one attached hydrogen (secondary N) is 2. The van der Waals surface area contributed by atoms with Crippen LogP contribution in [0.2, 0.25) is 4.34 Å². The van der Waals surface area contributed by atoms with Crippen LogP contribution in [0.15, 0.2) is 36.4 Å². The molecule has 2 heterocycles. The van der Waals surface area contributed by atoms with Gasteiger partial charge in [-0.25, -0.2) is 0 Å². The molecular formula is C21H23ClN4O3S. The quantitative estimate of drug-likeness (QED) is 0.464. The lowest BCUT2D eigenvalue weighted by Gasteiger charge is -2.32. The lowest BCUT2D eigenvalue weighted by Crippen LogP contribution is -2.50. The first-order chi connectivity index (χ1) is 14.4. The number of nitrogens with zero attached hydrogens (tertiary/aromatic N) is 1. The Morgan fingerprint density at radius 3 is 2.90 bits per heavy atom. The number of H-pyrrole nitrogens is 1. The minimum absolute atomic E-state index is 0.134. The van der Waals surface area contributed by atoms with Crippen LogP contribution in [0.5, 0.6) is 0 Å². The van der Waals surface area contributed by atoms with Crippen molar-refractivity contribution in [3.8, 4) is 0 Å². The molecule has 3 atom stereocenters. The number of aromatic nitrogens is 1. The van der Waals surface area contributed by atoms with E-state index < -0.39 is 12.6 Å². The summed E-state index contributed by atoms with van der Waals surface area (Å²) in [7, 11) is 1.66. The van der Waals surface area contributed by atoms with Gasteiger partial charge in [-0.15, -0.1) is 11.3 Å². The summed E-state index contributed by atoms with van der Waals surface area (Å²) in [6.07, 6.45) is 0.820.